The van der Waals surface area contributed by atoms with Gasteiger partial charge in [-0.1, -0.05) is 24.3 Å². The third kappa shape index (κ3) is 3.33. The predicted molar refractivity (Wildman–Crippen MR) is 90.8 cm³/mol. The summed E-state index contributed by atoms with van der Waals surface area (Å²) in [4.78, 5) is 24.4. The molecule has 0 aliphatic heterocycles. The molecule has 6 heteroatoms. The average molecular weight is 321 g/mol. The second-order valence-corrected chi connectivity index (χ2v) is 4.99. The van der Waals surface area contributed by atoms with Crippen LogP contribution in [0.4, 0.5) is 5.69 Å². The van der Waals surface area contributed by atoms with Crippen molar-refractivity contribution in [1.82, 2.24) is 9.78 Å². The van der Waals surface area contributed by atoms with E-state index in [0.29, 0.717) is 17.1 Å². The summed E-state index contributed by atoms with van der Waals surface area (Å²) in [5.41, 5.74) is 1.01. The van der Waals surface area contributed by atoms with Crippen LogP contribution in [0.3, 0.4) is 0 Å². The average Bonchev–Trinajstić information content (AvgIpc) is 2.63. The molecule has 0 aliphatic rings. The van der Waals surface area contributed by atoms with Gasteiger partial charge >= 0.3 is 0 Å². The smallest absolute Gasteiger partial charge is 0.276 e. The zero-order valence-electron chi connectivity index (χ0n) is 13.0. The summed E-state index contributed by atoms with van der Waals surface area (Å²) in [6.07, 6.45) is 0. The summed E-state index contributed by atoms with van der Waals surface area (Å²) in [6.45, 7) is 0. The molecule has 3 rings (SSSR count). The Morgan fingerprint density at radius 3 is 2.58 bits per heavy atom. The third-order valence-corrected chi connectivity index (χ3v) is 3.36. The lowest BCUT2D eigenvalue weighted by atomic mass is 10.3. The molecule has 1 N–H and O–H groups in total. The predicted octanol–water partition coefficient (Wildman–Crippen LogP) is 2.49. The SMILES string of the molecule is COc1cccc(NC(=O)c2ccc(=O)n(-c3ccccc3)n2)c1. The van der Waals surface area contributed by atoms with Crippen molar-refractivity contribution in [2.24, 2.45) is 0 Å². The normalized spacial score (nSPS) is 10.2. The zero-order chi connectivity index (χ0) is 16.9. The molecule has 3 aromatic rings. The maximum Gasteiger partial charge on any atom is 0.276 e. The molecule has 1 amide bonds. The molecule has 1 aromatic heterocycles. The summed E-state index contributed by atoms with van der Waals surface area (Å²) in [5.74, 6) is 0.225. The van der Waals surface area contributed by atoms with Crippen molar-refractivity contribution in [3.05, 3.63) is 82.8 Å². The Morgan fingerprint density at radius 1 is 1.04 bits per heavy atom. The van der Waals surface area contributed by atoms with E-state index in [1.165, 1.54) is 16.8 Å². The molecule has 1 heterocycles. The lowest BCUT2D eigenvalue weighted by Gasteiger charge is -2.08. The summed E-state index contributed by atoms with van der Waals surface area (Å²) in [7, 11) is 1.55. The van der Waals surface area contributed by atoms with Gasteiger partial charge in [0, 0.05) is 17.8 Å². The lowest BCUT2D eigenvalue weighted by molar-refractivity contribution is 0.102. The van der Waals surface area contributed by atoms with Crippen LogP contribution in [-0.2, 0) is 0 Å². The number of anilines is 1. The fraction of sp³-hybridized carbons (Fsp3) is 0.0556. The molecule has 24 heavy (non-hydrogen) atoms. The van der Waals surface area contributed by atoms with E-state index in [4.69, 9.17) is 4.74 Å². The van der Waals surface area contributed by atoms with E-state index in [1.807, 2.05) is 6.07 Å². The number of carbonyl (C=O) groups is 1. The molecule has 0 spiro atoms. The molecule has 120 valence electrons. The molecule has 0 bridgehead atoms. The maximum absolute atomic E-state index is 12.4. The largest absolute Gasteiger partial charge is 0.497 e. The molecule has 2 aromatic carbocycles. The fourth-order valence-corrected chi connectivity index (χ4v) is 2.18. The molecule has 0 saturated heterocycles. The first-order valence-electron chi connectivity index (χ1n) is 7.28. The highest BCUT2D eigenvalue weighted by molar-refractivity contribution is 6.02. The van der Waals surface area contributed by atoms with E-state index >= 15 is 0 Å². The van der Waals surface area contributed by atoms with Crippen molar-refractivity contribution < 1.29 is 9.53 Å². The van der Waals surface area contributed by atoms with E-state index in [2.05, 4.69) is 10.4 Å². The van der Waals surface area contributed by atoms with Crippen molar-refractivity contribution in [3.63, 3.8) is 0 Å². The van der Waals surface area contributed by atoms with Crippen LogP contribution in [0.15, 0.2) is 71.5 Å². The molecule has 0 saturated carbocycles. The van der Waals surface area contributed by atoms with Crippen LogP contribution in [0.2, 0.25) is 0 Å². The van der Waals surface area contributed by atoms with E-state index in [0.717, 1.165) is 0 Å². The van der Waals surface area contributed by atoms with E-state index in [-0.39, 0.29) is 11.3 Å². The van der Waals surface area contributed by atoms with Gasteiger partial charge in [-0.15, -0.1) is 0 Å². The maximum atomic E-state index is 12.4. The molecular formula is C18H15N3O3. The van der Waals surface area contributed by atoms with E-state index in [9.17, 15) is 9.59 Å². The van der Waals surface area contributed by atoms with Gasteiger partial charge in [-0.2, -0.15) is 9.78 Å². The highest BCUT2D eigenvalue weighted by Crippen LogP contribution is 2.17. The monoisotopic (exact) mass is 321 g/mol. The molecule has 0 aliphatic carbocycles. The number of nitrogens with one attached hydrogen (secondary N) is 1. The van der Waals surface area contributed by atoms with Crippen molar-refractivity contribution in [1.29, 1.82) is 0 Å². The first-order valence-corrected chi connectivity index (χ1v) is 7.28. The second-order valence-electron chi connectivity index (χ2n) is 4.99. The van der Waals surface area contributed by atoms with Gasteiger partial charge in [0.1, 0.15) is 11.4 Å². The number of aromatic nitrogens is 2. The van der Waals surface area contributed by atoms with Gasteiger partial charge < -0.3 is 10.1 Å². The molecule has 0 fully saturated rings. The Balaban J connectivity index is 1.89. The Labute approximate surface area is 138 Å². The van der Waals surface area contributed by atoms with Gasteiger partial charge in [0.25, 0.3) is 11.5 Å². The van der Waals surface area contributed by atoms with Crippen molar-refractivity contribution in [2.45, 2.75) is 0 Å². The molecule has 0 unspecified atom stereocenters. The van der Waals surface area contributed by atoms with Gasteiger partial charge in [-0.3, -0.25) is 9.59 Å². The molecule has 6 nitrogen and oxygen atoms in total. The first kappa shape index (κ1) is 15.5. The van der Waals surface area contributed by atoms with Crippen molar-refractivity contribution in [2.75, 3.05) is 12.4 Å². The van der Waals surface area contributed by atoms with Gasteiger partial charge in [-0.25, -0.2) is 0 Å². The fourth-order valence-electron chi connectivity index (χ4n) is 2.18. The standard InChI is InChI=1S/C18H15N3O3/c1-24-15-9-5-6-13(12-15)19-18(23)16-10-11-17(22)21(20-16)14-7-3-2-4-8-14/h2-12H,1H3,(H,19,23). The number of carbonyl (C=O) groups excluding carboxylic acids is 1. The van der Waals surface area contributed by atoms with Crippen LogP contribution in [0.5, 0.6) is 5.75 Å². The van der Waals surface area contributed by atoms with Crippen LogP contribution >= 0.6 is 0 Å². The van der Waals surface area contributed by atoms with Crippen molar-refractivity contribution >= 4 is 11.6 Å². The number of benzene rings is 2. The van der Waals surface area contributed by atoms with E-state index in [1.54, 1.807) is 55.6 Å². The number of nitrogens with zero attached hydrogens (tertiary/aromatic N) is 2. The number of amides is 1. The van der Waals surface area contributed by atoms with Gasteiger partial charge in [0.2, 0.25) is 0 Å². The molecule has 0 atom stereocenters. The summed E-state index contributed by atoms with van der Waals surface area (Å²) >= 11 is 0. The van der Waals surface area contributed by atoms with Gasteiger partial charge in [0.15, 0.2) is 0 Å². The number of para-hydroxylation sites is 1. The minimum atomic E-state index is -0.409. The Morgan fingerprint density at radius 2 is 1.83 bits per heavy atom. The third-order valence-electron chi connectivity index (χ3n) is 3.36. The Kier molecular flexibility index (Phi) is 4.38. The van der Waals surface area contributed by atoms with Crippen LogP contribution in [0.1, 0.15) is 10.5 Å². The molecular weight excluding hydrogens is 306 g/mol. The topological polar surface area (TPSA) is 73.2 Å². The summed E-state index contributed by atoms with van der Waals surface area (Å²) < 4.78 is 6.32. The van der Waals surface area contributed by atoms with Gasteiger partial charge in [-0.05, 0) is 30.3 Å². The number of hydrogen-bond acceptors (Lipinski definition) is 4. The Hall–Kier alpha value is -3.41. The van der Waals surface area contributed by atoms with Crippen LogP contribution in [0.25, 0.3) is 5.69 Å². The second kappa shape index (κ2) is 6.78. The zero-order valence-corrected chi connectivity index (χ0v) is 13.0. The molecule has 0 radical (unpaired) electrons. The van der Waals surface area contributed by atoms with Crippen molar-refractivity contribution in [3.8, 4) is 11.4 Å². The first-order chi connectivity index (χ1) is 11.7. The number of methoxy groups -OCH3 is 1. The lowest BCUT2D eigenvalue weighted by Crippen LogP contribution is -2.24. The number of ether oxygens (including phenoxy) is 1. The number of rotatable bonds is 4. The summed E-state index contributed by atoms with van der Waals surface area (Å²) in [5, 5.41) is 6.88. The van der Waals surface area contributed by atoms with E-state index < -0.39 is 5.91 Å². The number of hydrogen-bond donors (Lipinski definition) is 1. The quantitative estimate of drug-likeness (QED) is 0.801. The summed E-state index contributed by atoms with van der Waals surface area (Å²) in [6, 6.07) is 18.6. The minimum absolute atomic E-state index is 0.140. The minimum Gasteiger partial charge on any atom is -0.497 e. The van der Waals surface area contributed by atoms with Gasteiger partial charge in [0.05, 0.1) is 12.8 Å². The van der Waals surface area contributed by atoms with Crippen LogP contribution in [0, 0.1) is 0 Å². The highest BCUT2D eigenvalue weighted by Gasteiger charge is 2.11. The highest BCUT2D eigenvalue weighted by atomic mass is 16.5. The van der Waals surface area contributed by atoms with Crippen LogP contribution < -0.4 is 15.6 Å². The Bertz CT molecular complexity index is 920. The van der Waals surface area contributed by atoms with Crippen LogP contribution in [-0.4, -0.2) is 22.8 Å².